The molecule has 7 heteroatoms. The molecule has 2 aromatic rings. The van der Waals surface area contributed by atoms with Crippen LogP contribution >= 0.6 is 0 Å². The van der Waals surface area contributed by atoms with E-state index in [1.165, 1.54) is 0 Å². The van der Waals surface area contributed by atoms with Gasteiger partial charge >= 0.3 is 11.9 Å². The number of benzene rings is 2. The highest BCUT2D eigenvalue weighted by Crippen LogP contribution is 2.03. The number of carboxylic acid groups (broad SMARTS) is 2. The summed E-state index contributed by atoms with van der Waals surface area (Å²) < 4.78 is 0. The van der Waals surface area contributed by atoms with Gasteiger partial charge in [-0.1, -0.05) is 49.6 Å². The van der Waals surface area contributed by atoms with Gasteiger partial charge in [-0.2, -0.15) is 0 Å². The molecule has 0 unspecified atom stereocenters. The van der Waals surface area contributed by atoms with Gasteiger partial charge in [-0.3, -0.25) is 4.70 Å². The minimum absolute atomic E-state index is 0. The highest BCUT2D eigenvalue weighted by Gasteiger charge is 1.75. The maximum atomic E-state index is 9.25. The number of para-hydroxylation sites is 2. The molecule has 2 aromatic carbocycles. The Morgan fingerprint density at radius 3 is 0.960 bits per heavy atom. The van der Waals surface area contributed by atoms with Crippen molar-refractivity contribution in [2.45, 2.75) is 0 Å². The van der Waals surface area contributed by atoms with Crippen LogP contribution in [-0.4, -0.2) is 32.4 Å². The standard InChI is InChI=1S/2C6H6O.2C3H4O2.FH/c2*7-6-4-2-1-3-5-6;2*1-2-3(4)5;/h2*1-5,7H;2*2H,1H2,(H,4,5);1H. The molecule has 0 radical (unpaired) electrons. The van der Waals surface area contributed by atoms with E-state index in [0.717, 1.165) is 12.2 Å². The summed E-state index contributed by atoms with van der Waals surface area (Å²) >= 11 is 0. The Balaban J connectivity index is -0.000000259. The number of hydrogen-bond donors (Lipinski definition) is 4. The topological polar surface area (TPSA) is 115 Å². The first-order valence-electron chi connectivity index (χ1n) is 6.52. The van der Waals surface area contributed by atoms with Gasteiger partial charge in [0, 0.05) is 12.2 Å². The largest absolute Gasteiger partial charge is 0.508 e. The first kappa shape index (κ1) is 26.3. The molecular weight excluding hydrogens is 331 g/mol. The summed E-state index contributed by atoms with van der Waals surface area (Å²) in [7, 11) is 0. The van der Waals surface area contributed by atoms with Crippen LogP contribution in [0.25, 0.3) is 0 Å². The van der Waals surface area contributed by atoms with E-state index in [1.54, 1.807) is 48.5 Å². The molecule has 4 N–H and O–H groups in total. The summed E-state index contributed by atoms with van der Waals surface area (Å²) in [5.41, 5.74) is 0. The second-order valence-corrected chi connectivity index (χ2v) is 3.76. The SMILES string of the molecule is C=CC(=O)O.C=CC(=O)O.F.Oc1ccccc1.Oc1ccccc1. The van der Waals surface area contributed by atoms with Crippen LogP contribution in [0, 0.1) is 0 Å². The summed E-state index contributed by atoms with van der Waals surface area (Å²) in [6.07, 6.45) is 1.67. The fraction of sp³-hybridized carbons (Fsp3) is 0. The molecule has 0 saturated carbocycles. The van der Waals surface area contributed by atoms with E-state index >= 15 is 0 Å². The zero-order chi connectivity index (χ0) is 18.8. The van der Waals surface area contributed by atoms with Crippen molar-refractivity contribution < 1.29 is 34.7 Å². The Bertz CT molecular complexity index is 544. The Morgan fingerprint density at radius 1 is 0.680 bits per heavy atom. The van der Waals surface area contributed by atoms with Crippen molar-refractivity contribution in [3.8, 4) is 11.5 Å². The second-order valence-electron chi connectivity index (χ2n) is 3.76. The number of carbonyl (C=O) groups is 2. The van der Waals surface area contributed by atoms with Crippen molar-refractivity contribution in [2.24, 2.45) is 0 Å². The van der Waals surface area contributed by atoms with Gasteiger partial charge in [0.25, 0.3) is 0 Å². The first-order valence-corrected chi connectivity index (χ1v) is 6.52. The van der Waals surface area contributed by atoms with Crippen LogP contribution < -0.4 is 0 Å². The summed E-state index contributed by atoms with van der Waals surface area (Å²) in [5, 5.41) is 32.5. The van der Waals surface area contributed by atoms with Gasteiger partial charge in [-0.25, -0.2) is 9.59 Å². The summed E-state index contributed by atoms with van der Waals surface area (Å²) in [6, 6.07) is 17.4. The molecule has 0 aliphatic heterocycles. The van der Waals surface area contributed by atoms with Crippen molar-refractivity contribution in [2.75, 3.05) is 0 Å². The third-order valence-corrected chi connectivity index (χ3v) is 1.86. The fourth-order valence-corrected chi connectivity index (χ4v) is 0.856. The lowest BCUT2D eigenvalue weighted by Gasteiger charge is -1.82. The molecule has 2 rings (SSSR count). The molecule has 0 fully saturated rings. The summed E-state index contributed by atoms with van der Waals surface area (Å²) in [5.74, 6) is -1.32. The highest BCUT2D eigenvalue weighted by atomic mass is 19.0. The van der Waals surface area contributed by atoms with E-state index in [9.17, 15) is 9.59 Å². The lowest BCUT2D eigenvalue weighted by Crippen LogP contribution is -1.82. The quantitative estimate of drug-likeness (QED) is 0.615. The number of hydrogen-bond acceptors (Lipinski definition) is 4. The molecule has 0 aliphatic rings. The number of phenolic OH excluding ortho intramolecular Hbond substituents is 2. The molecule has 0 bridgehead atoms. The third kappa shape index (κ3) is 25.7. The minimum atomic E-state index is -0.981. The molecule has 0 aromatic heterocycles. The predicted octanol–water partition coefficient (Wildman–Crippen LogP) is 3.45. The maximum Gasteiger partial charge on any atom is 0.327 e. The zero-order valence-electron chi connectivity index (χ0n) is 13.4. The summed E-state index contributed by atoms with van der Waals surface area (Å²) in [4.78, 5) is 18.5. The molecule has 0 amide bonds. The van der Waals surface area contributed by atoms with Crippen LogP contribution in [0.1, 0.15) is 0 Å². The predicted molar refractivity (Wildman–Crippen MR) is 94.4 cm³/mol. The van der Waals surface area contributed by atoms with E-state index in [2.05, 4.69) is 13.2 Å². The number of phenols is 2. The molecule has 0 spiro atoms. The fourth-order valence-electron chi connectivity index (χ4n) is 0.856. The van der Waals surface area contributed by atoms with Crippen LogP contribution in [-0.2, 0) is 9.59 Å². The van der Waals surface area contributed by atoms with Crippen molar-refractivity contribution in [3.05, 3.63) is 86.0 Å². The van der Waals surface area contributed by atoms with Gasteiger partial charge in [0.05, 0.1) is 0 Å². The second kappa shape index (κ2) is 18.4. The normalized spacial score (nSPS) is 7.36. The Hall–Kier alpha value is -3.61. The van der Waals surface area contributed by atoms with E-state index in [4.69, 9.17) is 20.4 Å². The van der Waals surface area contributed by atoms with Crippen molar-refractivity contribution in [3.63, 3.8) is 0 Å². The van der Waals surface area contributed by atoms with E-state index < -0.39 is 11.9 Å². The average molecular weight is 352 g/mol. The van der Waals surface area contributed by atoms with Crippen LogP contribution in [0.2, 0.25) is 0 Å². The monoisotopic (exact) mass is 352 g/mol. The molecule has 0 heterocycles. The highest BCUT2D eigenvalue weighted by molar-refractivity contribution is 5.79. The number of aliphatic carboxylic acids is 2. The average Bonchev–Trinajstić information content (AvgIpc) is 2.58. The molecule has 136 valence electrons. The lowest BCUT2D eigenvalue weighted by atomic mass is 10.3. The third-order valence-electron chi connectivity index (χ3n) is 1.86. The zero-order valence-corrected chi connectivity index (χ0v) is 13.4. The number of carboxylic acids is 2. The number of rotatable bonds is 2. The van der Waals surface area contributed by atoms with Crippen molar-refractivity contribution >= 4 is 11.9 Å². The van der Waals surface area contributed by atoms with Crippen LogP contribution in [0.4, 0.5) is 4.70 Å². The van der Waals surface area contributed by atoms with E-state index in [0.29, 0.717) is 11.5 Å². The lowest BCUT2D eigenvalue weighted by molar-refractivity contribution is -0.132. The van der Waals surface area contributed by atoms with Crippen LogP contribution in [0.5, 0.6) is 11.5 Å². The minimum Gasteiger partial charge on any atom is -0.508 e. The first-order chi connectivity index (χ1) is 11.3. The van der Waals surface area contributed by atoms with Crippen molar-refractivity contribution in [1.29, 1.82) is 0 Å². The molecule has 6 nitrogen and oxygen atoms in total. The number of halogens is 1. The van der Waals surface area contributed by atoms with Crippen LogP contribution in [0.15, 0.2) is 86.0 Å². The van der Waals surface area contributed by atoms with Crippen molar-refractivity contribution in [1.82, 2.24) is 0 Å². The molecular formula is C18H21FO6. The van der Waals surface area contributed by atoms with E-state index in [1.807, 2.05) is 12.1 Å². The molecule has 25 heavy (non-hydrogen) atoms. The molecule has 0 aliphatic carbocycles. The molecule has 0 saturated heterocycles. The van der Waals surface area contributed by atoms with Gasteiger partial charge in [-0.15, -0.1) is 0 Å². The van der Waals surface area contributed by atoms with E-state index in [-0.39, 0.29) is 4.70 Å². The summed E-state index contributed by atoms with van der Waals surface area (Å²) in [6.45, 7) is 5.92. The van der Waals surface area contributed by atoms with Gasteiger partial charge in [0.2, 0.25) is 0 Å². The number of aromatic hydroxyl groups is 2. The molecule has 0 atom stereocenters. The van der Waals surface area contributed by atoms with Crippen LogP contribution in [0.3, 0.4) is 0 Å². The Morgan fingerprint density at radius 2 is 0.880 bits per heavy atom. The Labute approximate surface area is 145 Å². The van der Waals surface area contributed by atoms with Gasteiger partial charge in [0.1, 0.15) is 11.5 Å². The van der Waals surface area contributed by atoms with Gasteiger partial charge < -0.3 is 20.4 Å². The Kier molecular flexibility index (Phi) is 19.4. The smallest absolute Gasteiger partial charge is 0.327 e. The van der Waals surface area contributed by atoms with Gasteiger partial charge in [0.15, 0.2) is 0 Å². The van der Waals surface area contributed by atoms with Gasteiger partial charge in [-0.05, 0) is 24.3 Å². The maximum absolute atomic E-state index is 9.25.